The molecule has 0 bridgehead atoms. The monoisotopic (exact) mass is 298 g/mol. The summed E-state index contributed by atoms with van der Waals surface area (Å²) in [6, 6.07) is 5.34. The fourth-order valence-electron chi connectivity index (χ4n) is 1.85. The molecule has 1 atom stereocenters. The Labute approximate surface area is 123 Å². The molecule has 0 fully saturated rings. The fourth-order valence-corrected chi connectivity index (χ4v) is 3.53. The summed E-state index contributed by atoms with van der Waals surface area (Å²) in [6.07, 6.45) is 0. The van der Waals surface area contributed by atoms with Crippen molar-refractivity contribution in [2.24, 2.45) is 5.92 Å². The van der Waals surface area contributed by atoms with Crippen molar-refractivity contribution in [3.63, 3.8) is 0 Å². The third-order valence-corrected chi connectivity index (χ3v) is 5.30. The summed E-state index contributed by atoms with van der Waals surface area (Å²) < 4.78 is 27.7. The first-order valence-corrected chi connectivity index (χ1v) is 8.59. The van der Waals surface area contributed by atoms with Crippen molar-refractivity contribution < 1.29 is 8.42 Å². The van der Waals surface area contributed by atoms with Crippen LogP contribution in [0.15, 0.2) is 23.1 Å². The van der Waals surface area contributed by atoms with E-state index in [9.17, 15) is 8.42 Å². The maximum absolute atomic E-state index is 12.5. The van der Waals surface area contributed by atoms with Crippen LogP contribution in [0.5, 0.6) is 0 Å². The highest BCUT2D eigenvalue weighted by atomic mass is 32.2. The van der Waals surface area contributed by atoms with Gasteiger partial charge in [0.2, 0.25) is 10.0 Å². The average molecular weight is 298 g/mol. The molecule has 2 N–H and O–H groups in total. The van der Waals surface area contributed by atoms with Crippen LogP contribution in [0, 0.1) is 12.8 Å². The molecular weight excluding hydrogens is 272 g/mol. The molecule has 20 heavy (non-hydrogen) atoms. The highest BCUT2D eigenvalue weighted by molar-refractivity contribution is 7.89. The molecule has 1 rings (SSSR count). The number of nitrogens with one attached hydrogen (secondary N) is 2. The lowest BCUT2D eigenvalue weighted by atomic mass is 10.1. The van der Waals surface area contributed by atoms with Gasteiger partial charge < -0.3 is 5.32 Å². The minimum atomic E-state index is -3.46. The summed E-state index contributed by atoms with van der Waals surface area (Å²) in [5.74, 6) is 0.259. The summed E-state index contributed by atoms with van der Waals surface area (Å²) in [6.45, 7) is 11.3. The standard InChI is InChI=1S/C15H26N2O2S/c1-6-16-10-14-8-7-9-15(12(14)4)20(18,19)17-13(5)11(2)3/h7-9,11,13,16-17H,6,10H2,1-5H3. The van der Waals surface area contributed by atoms with Crippen molar-refractivity contribution in [1.29, 1.82) is 0 Å². The van der Waals surface area contributed by atoms with Crippen LogP contribution >= 0.6 is 0 Å². The Morgan fingerprint density at radius 1 is 1.20 bits per heavy atom. The van der Waals surface area contributed by atoms with Gasteiger partial charge >= 0.3 is 0 Å². The highest BCUT2D eigenvalue weighted by Crippen LogP contribution is 2.19. The van der Waals surface area contributed by atoms with Gasteiger partial charge in [-0.15, -0.1) is 0 Å². The van der Waals surface area contributed by atoms with E-state index >= 15 is 0 Å². The molecule has 0 saturated carbocycles. The van der Waals surface area contributed by atoms with Crippen molar-refractivity contribution >= 4 is 10.0 Å². The second-order valence-electron chi connectivity index (χ2n) is 5.47. The molecule has 0 radical (unpaired) electrons. The molecule has 5 heteroatoms. The number of hydrogen-bond donors (Lipinski definition) is 2. The smallest absolute Gasteiger partial charge is 0.241 e. The van der Waals surface area contributed by atoms with E-state index in [1.165, 1.54) is 0 Å². The summed E-state index contributed by atoms with van der Waals surface area (Å²) >= 11 is 0. The number of sulfonamides is 1. The van der Waals surface area contributed by atoms with Gasteiger partial charge in [-0.05, 0) is 43.5 Å². The molecule has 0 aliphatic carbocycles. The molecule has 1 aromatic rings. The third kappa shape index (κ3) is 4.30. The summed E-state index contributed by atoms with van der Waals surface area (Å²) in [7, 11) is -3.46. The molecule has 0 spiro atoms. The summed E-state index contributed by atoms with van der Waals surface area (Å²) in [5, 5.41) is 3.23. The number of rotatable bonds is 7. The fraction of sp³-hybridized carbons (Fsp3) is 0.600. The van der Waals surface area contributed by atoms with Gasteiger partial charge in [-0.2, -0.15) is 0 Å². The molecule has 114 valence electrons. The molecule has 0 heterocycles. The maximum Gasteiger partial charge on any atom is 0.241 e. The molecule has 1 unspecified atom stereocenters. The molecule has 4 nitrogen and oxygen atoms in total. The van der Waals surface area contributed by atoms with Crippen LogP contribution in [0.1, 0.15) is 38.8 Å². The van der Waals surface area contributed by atoms with Gasteiger partial charge in [-0.3, -0.25) is 0 Å². The van der Waals surface area contributed by atoms with Crippen LogP contribution in [0.25, 0.3) is 0 Å². The molecular formula is C15H26N2O2S. The quantitative estimate of drug-likeness (QED) is 0.813. The van der Waals surface area contributed by atoms with Crippen LogP contribution in [0.3, 0.4) is 0 Å². The zero-order valence-corrected chi connectivity index (χ0v) is 13.8. The third-order valence-electron chi connectivity index (χ3n) is 3.59. The Morgan fingerprint density at radius 3 is 2.40 bits per heavy atom. The Balaban J connectivity index is 3.06. The summed E-state index contributed by atoms with van der Waals surface area (Å²) in [4.78, 5) is 0.375. The molecule has 0 saturated heterocycles. The van der Waals surface area contributed by atoms with Gasteiger partial charge in [0.05, 0.1) is 4.90 Å². The average Bonchev–Trinajstić information content (AvgIpc) is 2.36. The topological polar surface area (TPSA) is 58.2 Å². The van der Waals surface area contributed by atoms with Gasteiger partial charge in [-0.25, -0.2) is 13.1 Å². The van der Waals surface area contributed by atoms with E-state index in [0.29, 0.717) is 11.4 Å². The first kappa shape index (κ1) is 17.1. The first-order chi connectivity index (χ1) is 9.29. The maximum atomic E-state index is 12.5. The van der Waals surface area contributed by atoms with Crippen LogP contribution in [0.4, 0.5) is 0 Å². The first-order valence-electron chi connectivity index (χ1n) is 7.11. The van der Waals surface area contributed by atoms with Crippen molar-refractivity contribution in [2.45, 2.75) is 52.1 Å². The predicted octanol–water partition coefficient (Wildman–Crippen LogP) is 2.43. The molecule has 0 aromatic heterocycles. The Kier molecular flexibility index (Phi) is 6.17. The van der Waals surface area contributed by atoms with Gasteiger partial charge in [0.1, 0.15) is 0 Å². The molecule has 0 amide bonds. The Bertz CT molecular complexity index is 539. The van der Waals surface area contributed by atoms with Crippen LogP contribution in [0.2, 0.25) is 0 Å². The largest absolute Gasteiger partial charge is 0.313 e. The Hall–Kier alpha value is -0.910. The van der Waals surface area contributed by atoms with Crippen molar-refractivity contribution in [1.82, 2.24) is 10.0 Å². The van der Waals surface area contributed by atoms with E-state index in [1.807, 2.05) is 40.7 Å². The number of benzene rings is 1. The minimum absolute atomic E-state index is 0.0863. The molecule has 0 aliphatic heterocycles. The SMILES string of the molecule is CCNCc1cccc(S(=O)(=O)NC(C)C(C)C)c1C. The van der Waals surface area contributed by atoms with Gasteiger partial charge in [0.25, 0.3) is 0 Å². The van der Waals surface area contributed by atoms with Crippen molar-refractivity contribution in [3.05, 3.63) is 29.3 Å². The molecule has 0 aliphatic rings. The van der Waals surface area contributed by atoms with E-state index in [2.05, 4.69) is 10.0 Å². The van der Waals surface area contributed by atoms with Crippen molar-refractivity contribution in [2.75, 3.05) is 6.54 Å². The predicted molar refractivity (Wildman–Crippen MR) is 83.2 cm³/mol. The van der Waals surface area contributed by atoms with Gasteiger partial charge in [-0.1, -0.05) is 32.9 Å². The second kappa shape index (κ2) is 7.20. The van der Waals surface area contributed by atoms with E-state index < -0.39 is 10.0 Å². The Morgan fingerprint density at radius 2 is 1.85 bits per heavy atom. The molecule has 1 aromatic carbocycles. The second-order valence-corrected chi connectivity index (χ2v) is 7.16. The van der Waals surface area contributed by atoms with Crippen molar-refractivity contribution in [3.8, 4) is 0 Å². The van der Waals surface area contributed by atoms with Crippen LogP contribution < -0.4 is 10.0 Å². The minimum Gasteiger partial charge on any atom is -0.313 e. The van der Waals surface area contributed by atoms with E-state index in [1.54, 1.807) is 12.1 Å². The van der Waals surface area contributed by atoms with E-state index in [-0.39, 0.29) is 12.0 Å². The van der Waals surface area contributed by atoms with E-state index in [4.69, 9.17) is 0 Å². The van der Waals surface area contributed by atoms with Gasteiger partial charge in [0, 0.05) is 12.6 Å². The van der Waals surface area contributed by atoms with Crippen LogP contribution in [-0.2, 0) is 16.6 Å². The summed E-state index contributed by atoms with van der Waals surface area (Å²) in [5.41, 5.74) is 1.84. The van der Waals surface area contributed by atoms with Gasteiger partial charge in [0.15, 0.2) is 0 Å². The lowest BCUT2D eigenvalue weighted by Gasteiger charge is -2.19. The zero-order valence-electron chi connectivity index (χ0n) is 13.0. The van der Waals surface area contributed by atoms with Crippen LogP contribution in [-0.4, -0.2) is 21.0 Å². The lowest BCUT2D eigenvalue weighted by Crippen LogP contribution is -2.36. The lowest BCUT2D eigenvalue weighted by molar-refractivity contribution is 0.476. The normalized spacial score (nSPS) is 13.7. The zero-order chi connectivity index (χ0) is 15.3. The van der Waals surface area contributed by atoms with E-state index in [0.717, 1.165) is 17.7 Å². The number of hydrogen-bond acceptors (Lipinski definition) is 3. The highest BCUT2D eigenvalue weighted by Gasteiger charge is 2.21.